The smallest absolute Gasteiger partial charge is 0.337 e. The van der Waals surface area contributed by atoms with Gasteiger partial charge in [0.2, 0.25) is 17.6 Å². The molecule has 1 aliphatic heterocycles. The van der Waals surface area contributed by atoms with Crippen molar-refractivity contribution < 1.29 is 27.3 Å². The molecule has 0 saturated carbocycles. The van der Waals surface area contributed by atoms with Crippen LogP contribution in [-0.4, -0.2) is 33.4 Å². The van der Waals surface area contributed by atoms with Gasteiger partial charge in [0, 0.05) is 30.5 Å². The fourth-order valence-corrected chi connectivity index (χ4v) is 3.85. The molecule has 7 nitrogen and oxygen atoms in total. The second-order valence-corrected chi connectivity index (χ2v) is 8.02. The molecule has 0 bridgehead atoms. The van der Waals surface area contributed by atoms with Gasteiger partial charge in [-0.15, -0.1) is 0 Å². The Bertz CT molecular complexity index is 1290. The molecule has 1 N–H and O–H groups in total. The number of nitrogens with zero attached hydrogens (tertiary/aromatic N) is 3. The molecule has 3 aromatic rings. The number of benzene rings is 2. The van der Waals surface area contributed by atoms with Crippen LogP contribution >= 0.6 is 0 Å². The van der Waals surface area contributed by atoms with E-state index in [0.717, 1.165) is 31.9 Å². The number of carbonyl (C=O) groups excluding carboxylic acids is 2. The van der Waals surface area contributed by atoms with E-state index >= 15 is 0 Å². The summed E-state index contributed by atoms with van der Waals surface area (Å²) in [5, 5.41) is 6.03. The van der Waals surface area contributed by atoms with Crippen LogP contribution in [0, 0.1) is 11.8 Å². The number of anilines is 1. The summed E-state index contributed by atoms with van der Waals surface area (Å²) in [6.45, 7) is 1.58. The van der Waals surface area contributed by atoms with Crippen LogP contribution in [0.5, 0.6) is 0 Å². The van der Waals surface area contributed by atoms with Crippen molar-refractivity contribution in [2.75, 3.05) is 11.9 Å². The van der Waals surface area contributed by atoms with Crippen molar-refractivity contribution in [1.29, 1.82) is 0 Å². The number of amides is 2. The molecule has 0 unspecified atom stereocenters. The lowest BCUT2D eigenvalue weighted by Gasteiger charge is -2.31. The van der Waals surface area contributed by atoms with Crippen molar-refractivity contribution in [1.82, 2.24) is 15.0 Å². The Balaban J connectivity index is 1.60. The van der Waals surface area contributed by atoms with E-state index in [1.807, 2.05) is 18.2 Å². The molecule has 0 radical (unpaired) electrons. The van der Waals surface area contributed by atoms with E-state index in [2.05, 4.69) is 27.3 Å². The molecule has 1 aliphatic rings. The standard InChI is InChI=1S/C25H21F3N4O3/c1-16(33)29-20-12-11-18(15-19(20)25(26,27)28)23-30-24(35-31-23)21-9-5-6-14-32(21)22(34)13-10-17-7-3-2-4-8-17/h2-4,7-8,11-12,15,21H,5-6,9,14H2,1H3,(H,29,33)/t21-/m1/s1. The first-order valence-electron chi connectivity index (χ1n) is 10.9. The second kappa shape index (κ2) is 10.0. The fourth-order valence-electron chi connectivity index (χ4n) is 3.85. The zero-order valence-electron chi connectivity index (χ0n) is 18.7. The molecular weight excluding hydrogens is 461 g/mol. The summed E-state index contributed by atoms with van der Waals surface area (Å²) in [6.07, 6.45) is -2.53. The van der Waals surface area contributed by atoms with Gasteiger partial charge < -0.3 is 14.7 Å². The summed E-state index contributed by atoms with van der Waals surface area (Å²) in [7, 11) is 0. The van der Waals surface area contributed by atoms with Crippen LogP contribution in [-0.2, 0) is 15.8 Å². The third-order valence-electron chi connectivity index (χ3n) is 5.47. The monoisotopic (exact) mass is 482 g/mol. The molecule has 0 spiro atoms. The maximum atomic E-state index is 13.6. The van der Waals surface area contributed by atoms with E-state index in [-0.39, 0.29) is 23.0 Å². The molecule has 10 heteroatoms. The zero-order chi connectivity index (χ0) is 25.0. The summed E-state index contributed by atoms with van der Waals surface area (Å²) in [6, 6.07) is 11.9. The molecule has 2 heterocycles. The molecule has 180 valence electrons. The van der Waals surface area contributed by atoms with Crippen LogP contribution in [0.1, 0.15) is 49.2 Å². The summed E-state index contributed by atoms with van der Waals surface area (Å²) in [5.41, 5.74) is -0.614. The highest BCUT2D eigenvalue weighted by Crippen LogP contribution is 2.38. The normalized spacial score (nSPS) is 15.8. The van der Waals surface area contributed by atoms with Crippen molar-refractivity contribution in [2.24, 2.45) is 0 Å². The van der Waals surface area contributed by atoms with Gasteiger partial charge in [-0.3, -0.25) is 9.59 Å². The number of hydrogen-bond acceptors (Lipinski definition) is 5. The van der Waals surface area contributed by atoms with Gasteiger partial charge in [-0.1, -0.05) is 29.3 Å². The maximum absolute atomic E-state index is 13.6. The van der Waals surface area contributed by atoms with Crippen LogP contribution in [0.15, 0.2) is 53.1 Å². The van der Waals surface area contributed by atoms with E-state index < -0.39 is 29.6 Å². The Hall–Kier alpha value is -4.13. The predicted octanol–water partition coefficient (Wildman–Crippen LogP) is 4.82. The molecule has 1 fully saturated rings. The van der Waals surface area contributed by atoms with Gasteiger partial charge in [-0.25, -0.2) is 0 Å². The first-order valence-corrected chi connectivity index (χ1v) is 10.9. The van der Waals surface area contributed by atoms with Gasteiger partial charge >= 0.3 is 6.18 Å². The Labute approximate surface area is 199 Å². The molecular formula is C25H21F3N4O3. The maximum Gasteiger partial charge on any atom is 0.418 e. The number of aromatic nitrogens is 2. The van der Waals surface area contributed by atoms with Crippen molar-refractivity contribution in [3.05, 3.63) is 65.5 Å². The predicted molar refractivity (Wildman–Crippen MR) is 121 cm³/mol. The molecule has 0 aliphatic carbocycles. The molecule has 1 atom stereocenters. The summed E-state index contributed by atoms with van der Waals surface area (Å²) in [5.74, 6) is 4.55. The lowest BCUT2D eigenvalue weighted by molar-refractivity contribution is -0.137. The van der Waals surface area contributed by atoms with Crippen LogP contribution in [0.25, 0.3) is 11.4 Å². The first-order chi connectivity index (χ1) is 16.7. The quantitative estimate of drug-likeness (QED) is 0.541. The molecule has 2 aromatic carbocycles. The average Bonchev–Trinajstić information content (AvgIpc) is 3.32. The number of rotatable bonds is 3. The minimum absolute atomic E-state index is 0.0479. The highest BCUT2D eigenvalue weighted by Gasteiger charge is 2.35. The Morgan fingerprint density at radius 1 is 1.14 bits per heavy atom. The fraction of sp³-hybridized carbons (Fsp3) is 0.280. The number of piperidine rings is 1. The highest BCUT2D eigenvalue weighted by molar-refractivity contribution is 5.94. The number of halogens is 3. The second-order valence-electron chi connectivity index (χ2n) is 8.02. The topological polar surface area (TPSA) is 88.3 Å². The Morgan fingerprint density at radius 3 is 2.63 bits per heavy atom. The third-order valence-corrected chi connectivity index (χ3v) is 5.47. The minimum atomic E-state index is -4.70. The Kier molecular flexibility index (Phi) is 6.87. The van der Waals surface area contributed by atoms with E-state index in [1.165, 1.54) is 6.07 Å². The highest BCUT2D eigenvalue weighted by atomic mass is 19.4. The number of nitrogens with one attached hydrogen (secondary N) is 1. The van der Waals surface area contributed by atoms with Crippen molar-refractivity contribution in [3.8, 4) is 23.2 Å². The van der Waals surface area contributed by atoms with Gasteiger partial charge in [0.15, 0.2) is 0 Å². The van der Waals surface area contributed by atoms with Gasteiger partial charge in [0.25, 0.3) is 5.91 Å². The van der Waals surface area contributed by atoms with Crippen LogP contribution in [0.4, 0.5) is 18.9 Å². The Morgan fingerprint density at radius 2 is 1.91 bits per heavy atom. The van der Waals surface area contributed by atoms with Crippen molar-refractivity contribution in [2.45, 2.75) is 38.4 Å². The summed E-state index contributed by atoms with van der Waals surface area (Å²) >= 11 is 0. The average molecular weight is 482 g/mol. The molecule has 35 heavy (non-hydrogen) atoms. The zero-order valence-corrected chi connectivity index (χ0v) is 18.7. The lowest BCUT2D eigenvalue weighted by atomic mass is 10.0. The van der Waals surface area contributed by atoms with E-state index in [0.29, 0.717) is 18.5 Å². The third kappa shape index (κ3) is 5.69. The van der Waals surface area contributed by atoms with E-state index in [9.17, 15) is 22.8 Å². The largest absolute Gasteiger partial charge is 0.418 e. The van der Waals surface area contributed by atoms with E-state index in [4.69, 9.17) is 4.52 Å². The number of likely N-dealkylation sites (tertiary alicyclic amines) is 1. The summed E-state index contributed by atoms with van der Waals surface area (Å²) in [4.78, 5) is 29.9. The minimum Gasteiger partial charge on any atom is -0.337 e. The SMILES string of the molecule is CC(=O)Nc1ccc(-c2noc([C@H]3CCCCN3C(=O)C#Cc3ccccc3)n2)cc1C(F)(F)F. The molecule has 4 rings (SSSR count). The number of hydrogen-bond donors (Lipinski definition) is 1. The van der Waals surface area contributed by atoms with Crippen LogP contribution in [0.3, 0.4) is 0 Å². The molecule has 1 aromatic heterocycles. The van der Waals surface area contributed by atoms with Crippen molar-refractivity contribution >= 4 is 17.5 Å². The van der Waals surface area contributed by atoms with Gasteiger partial charge in [-0.2, -0.15) is 18.2 Å². The molecule has 2 amide bonds. The number of carbonyl (C=O) groups is 2. The van der Waals surface area contributed by atoms with Crippen LogP contribution < -0.4 is 5.32 Å². The summed E-state index contributed by atoms with van der Waals surface area (Å²) < 4.78 is 46.0. The van der Waals surface area contributed by atoms with Gasteiger partial charge in [0.1, 0.15) is 6.04 Å². The van der Waals surface area contributed by atoms with Crippen molar-refractivity contribution in [3.63, 3.8) is 0 Å². The van der Waals surface area contributed by atoms with Gasteiger partial charge in [0.05, 0.1) is 11.3 Å². The van der Waals surface area contributed by atoms with E-state index in [1.54, 1.807) is 17.0 Å². The van der Waals surface area contributed by atoms with Gasteiger partial charge in [-0.05, 0) is 49.6 Å². The molecule has 1 saturated heterocycles. The number of alkyl halides is 3. The lowest BCUT2D eigenvalue weighted by Crippen LogP contribution is -2.37. The van der Waals surface area contributed by atoms with Crippen LogP contribution in [0.2, 0.25) is 0 Å². The first kappa shape index (κ1) is 24.0.